The number of ether oxygens (including phenoxy) is 2. The van der Waals surface area contributed by atoms with Crippen molar-refractivity contribution in [2.24, 2.45) is 0 Å². The van der Waals surface area contributed by atoms with Crippen LogP contribution in [0.1, 0.15) is 16.8 Å². The van der Waals surface area contributed by atoms with E-state index in [4.69, 9.17) is 21.1 Å². The lowest BCUT2D eigenvalue weighted by Crippen LogP contribution is -1.96. The number of aromatic nitrogens is 1. The van der Waals surface area contributed by atoms with Crippen LogP contribution in [0.25, 0.3) is 10.9 Å². The Morgan fingerprint density at radius 2 is 2.11 bits per heavy atom. The third kappa shape index (κ3) is 1.73. The predicted molar refractivity (Wildman–Crippen MR) is 68.8 cm³/mol. The van der Waals surface area contributed by atoms with E-state index < -0.39 is 0 Å². The van der Waals surface area contributed by atoms with Gasteiger partial charge in [0.1, 0.15) is 0 Å². The number of halogens is 1. The zero-order valence-electron chi connectivity index (χ0n) is 9.69. The number of carbonyl (C=O) groups excluding carboxylic acids is 1. The summed E-state index contributed by atoms with van der Waals surface area (Å²) in [4.78, 5) is 11.1. The van der Waals surface area contributed by atoms with E-state index in [1.165, 1.54) is 0 Å². The minimum Gasteiger partial charge on any atom is -0.454 e. The Hall–Kier alpha value is -1.68. The van der Waals surface area contributed by atoms with Gasteiger partial charge in [-0.2, -0.15) is 0 Å². The van der Waals surface area contributed by atoms with Crippen LogP contribution in [0.5, 0.6) is 11.5 Å². The molecule has 0 aliphatic carbocycles. The Morgan fingerprint density at radius 1 is 1.33 bits per heavy atom. The third-order valence-electron chi connectivity index (χ3n) is 3.07. The number of alkyl halides is 1. The van der Waals surface area contributed by atoms with Crippen molar-refractivity contribution >= 4 is 28.8 Å². The standard InChI is InChI=1S/C13H12ClNO3/c14-2-1-3-15-6-9(7-16)10-4-12-13(5-11(10)15)18-8-17-12/h4-7H,1-3,8H2. The normalized spacial score (nSPS) is 13.2. The van der Waals surface area contributed by atoms with Crippen molar-refractivity contribution in [2.75, 3.05) is 12.7 Å². The Bertz CT molecular complexity index is 606. The predicted octanol–water partition coefficient (Wildman–Crippen LogP) is 2.81. The summed E-state index contributed by atoms with van der Waals surface area (Å²) >= 11 is 5.71. The van der Waals surface area contributed by atoms with Gasteiger partial charge in [-0.1, -0.05) is 0 Å². The van der Waals surface area contributed by atoms with Crippen molar-refractivity contribution in [3.05, 3.63) is 23.9 Å². The molecule has 1 aromatic heterocycles. The van der Waals surface area contributed by atoms with Crippen molar-refractivity contribution in [3.63, 3.8) is 0 Å². The summed E-state index contributed by atoms with van der Waals surface area (Å²) in [6.45, 7) is 1.02. The summed E-state index contributed by atoms with van der Waals surface area (Å²) in [5.41, 5.74) is 1.64. The molecule has 1 aromatic carbocycles. The number of carbonyl (C=O) groups is 1. The summed E-state index contributed by atoms with van der Waals surface area (Å²) in [6, 6.07) is 3.78. The van der Waals surface area contributed by atoms with Gasteiger partial charge in [0.15, 0.2) is 17.8 Å². The van der Waals surface area contributed by atoms with Crippen LogP contribution in [0.4, 0.5) is 0 Å². The second kappa shape index (κ2) is 4.53. The molecule has 3 rings (SSSR count). The molecule has 0 saturated carbocycles. The Labute approximate surface area is 109 Å². The highest BCUT2D eigenvalue weighted by Crippen LogP contribution is 2.37. The lowest BCUT2D eigenvalue weighted by molar-refractivity contribution is 0.112. The topological polar surface area (TPSA) is 40.5 Å². The van der Waals surface area contributed by atoms with Crippen LogP contribution < -0.4 is 9.47 Å². The highest BCUT2D eigenvalue weighted by molar-refractivity contribution is 6.17. The van der Waals surface area contributed by atoms with E-state index in [9.17, 15) is 4.79 Å². The first-order valence-corrected chi connectivity index (χ1v) is 6.30. The van der Waals surface area contributed by atoms with Gasteiger partial charge in [-0.05, 0) is 12.5 Å². The molecular formula is C13H12ClNO3. The lowest BCUT2D eigenvalue weighted by Gasteiger charge is -2.04. The lowest BCUT2D eigenvalue weighted by atomic mass is 10.1. The first kappa shape index (κ1) is 11.4. The van der Waals surface area contributed by atoms with Crippen LogP contribution in [-0.2, 0) is 6.54 Å². The van der Waals surface area contributed by atoms with Gasteiger partial charge >= 0.3 is 0 Å². The molecule has 0 bridgehead atoms. The molecule has 0 fully saturated rings. The molecule has 4 nitrogen and oxygen atoms in total. The summed E-state index contributed by atoms with van der Waals surface area (Å²) in [5, 5.41) is 0.892. The molecule has 2 heterocycles. The number of rotatable bonds is 4. The number of hydrogen-bond donors (Lipinski definition) is 0. The summed E-state index contributed by atoms with van der Waals surface area (Å²) in [6.07, 6.45) is 3.57. The third-order valence-corrected chi connectivity index (χ3v) is 3.33. The second-order valence-corrected chi connectivity index (χ2v) is 4.54. The molecule has 2 aromatic rings. The average Bonchev–Trinajstić information content (AvgIpc) is 2.97. The molecular weight excluding hydrogens is 254 g/mol. The number of fused-ring (bicyclic) bond motifs is 2. The van der Waals surface area contributed by atoms with Gasteiger partial charge in [0.25, 0.3) is 0 Å². The molecule has 0 saturated heterocycles. The average molecular weight is 266 g/mol. The molecule has 0 unspecified atom stereocenters. The zero-order chi connectivity index (χ0) is 12.5. The summed E-state index contributed by atoms with van der Waals surface area (Å²) < 4.78 is 12.7. The zero-order valence-corrected chi connectivity index (χ0v) is 10.4. The van der Waals surface area contributed by atoms with Gasteiger partial charge < -0.3 is 14.0 Å². The minimum absolute atomic E-state index is 0.236. The van der Waals surface area contributed by atoms with Crippen LogP contribution in [0.2, 0.25) is 0 Å². The molecule has 5 heteroatoms. The Morgan fingerprint density at radius 3 is 2.83 bits per heavy atom. The minimum atomic E-state index is 0.236. The monoisotopic (exact) mass is 265 g/mol. The highest BCUT2D eigenvalue weighted by Gasteiger charge is 2.18. The van der Waals surface area contributed by atoms with E-state index >= 15 is 0 Å². The SMILES string of the molecule is O=Cc1cn(CCCCl)c2cc3c(cc12)OCO3. The maximum absolute atomic E-state index is 11.1. The van der Waals surface area contributed by atoms with E-state index in [0.717, 1.165) is 35.9 Å². The van der Waals surface area contributed by atoms with Crippen molar-refractivity contribution in [2.45, 2.75) is 13.0 Å². The Kier molecular flexibility index (Phi) is 2.88. The quantitative estimate of drug-likeness (QED) is 0.630. The highest BCUT2D eigenvalue weighted by atomic mass is 35.5. The van der Waals surface area contributed by atoms with Gasteiger partial charge in [0.05, 0.1) is 5.52 Å². The molecule has 0 spiro atoms. The fraction of sp³-hybridized carbons (Fsp3) is 0.308. The molecule has 0 amide bonds. The fourth-order valence-electron chi connectivity index (χ4n) is 2.22. The Balaban J connectivity index is 2.15. The van der Waals surface area contributed by atoms with E-state index in [1.54, 1.807) is 0 Å². The molecule has 18 heavy (non-hydrogen) atoms. The van der Waals surface area contributed by atoms with Crippen LogP contribution in [0.3, 0.4) is 0 Å². The number of benzene rings is 1. The molecule has 0 N–H and O–H groups in total. The number of aryl methyl sites for hydroxylation is 1. The van der Waals surface area contributed by atoms with Crippen LogP contribution in [-0.4, -0.2) is 23.5 Å². The van der Waals surface area contributed by atoms with E-state index in [2.05, 4.69) is 0 Å². The fourth-order valence-corrected chi connectivity index (χ4v) is 2.34. The van der Waals surface area contributed by atoms with Gasteiger partial charge in [0, 0.05) is 35.6 Å². The second-order valence-electron chi connectivity index (χ2n) is 4.16. The molecule has 1 aliphatic heterocycles. The molecule has 0 atom stereocenters. The van der Waals surface area contributed by atoms with E-state index in [1.807, 2.05) is 22.9 Å². The maximum Gasteiger partial charge on any atom is 0.231 e. The number of hydrogen-bond acceptors (Lipinski definition) is 3. The van der Waals surface area contributed by atoms with Gasteiger partial charge in [0.2, 0.25) is 6.79 Å². The number of nitrogens with zero attached hydrogens (tertiary/aromatic N) is 1. The summed E-state index contributed by atoms with van der Waals surface area (Å²) in [5.74, 6) is 2.02. The maximum atomic E-state index is 11.1. The van der Waals surface area contributed by atoms with Crippen molar-refractivity contribution < 1.29 is 14.3 Å². The number of aldehydes is 1. The smallest absolute Gasteiger partial charge is 0.231 e. The largest absolute Gasteiger partial charge is 0.454 e. The first-order valence-electron chi connectivity index (χ1n) is 5.77. The van der Waals surface area contributed by atoms with Gasteiger partial charge in [-0.3, -0.25) is 4.79 Å². The molecule has 0 radical (unpaired) electrons. The molecule has 1 aliphatic rings. The van der Waals surface area contributed by atoms with Crippen molar-refractivity contribution in [1.29, 1.82) is 0 Å². The van der Waals surface area contributed by atoms with Crippen molar-refractivity contribution in [3.8, 4) is 11.5 Å². The molecule has 94 valence electrons. The van der Waals surface area contributed by atoms with E-state index in [0.29, 0.717) is 17.2 Å². The van der Waals surface area contributed by atoms with Crippen LogP contribution in [0, 0.1) is 0 Å². The van der Waals surface area contributed by atoms with Crippen LogP contribution in [0.15, 0.2) is 18.3 Å². The summed E-state index contributed by atoms with van der Waals surface area (Å²) in [7, 11) is 0. The van der Waals surface area contributed by atoms with Gasteiger partial charge in [-0.25, -0.2) is 0 Å². The van der Waals surface area contributed by atoms with E-state index in [-0.39, 0.29) is 6.79 Å². The first-order chi connectivity index (χ1) is 8.83. The van der Waals surface area contributed by atoms with Gasteiger partial charge in [-0.15, -0.1) is 11.6 Å². The van der Waals surface area contributed by atoms with Crippen LogP contribution >= 0.6 is 11.6 Å². The van der Waals surface area contributed by atoms with Crippen molar-refractivity contribution in [1.82, 2.24) is 4.57 Å².